The number of para-hydroxylation sites is 1. The highest BCUT2D eigenvalue weighted by Gasteiger charge is 2.35. The van der Waals surface area contributed by atoms with Crippen molar-refractivity contribution in [3.05, 3.63) is 29.8 Å². The van der Waals surface area contributed by atoms with Crippen molar-refractivity contribution in [2.75, 3.05) is 16.8 Å². The zero-order valence-corrected chi connectivity index (χ0v) is 12.7. The molecule has 3 heteroatoms. The molecule has 1 aliphatic heterocycles. The maximum absolute atomic E-state index is 12.3. The molecule has 0 unspecified atom stereocenters. The molecule has 0 spiro atoms. The molecule has 0 radical (unpaired) electrons. The summed E-state index contributed by atoms with van der Waals surface area (Å²) in [5.74, 6) is 0.258. The maximum Gasteiger partial charge on any atom is 0.227 e. The molecule has 1 aliphatic rings. The Bertz CT molecular complexity index is 442. The van der Waals surface area contributed by atoms with E-state index in [1.54, 1.807) is 0 Å². The molecule has 0 N–H and O–H groups in total. The van der Waals surface area contributed by atoms with Crippen LogP contribution in [0.15, 0.2) is 24.3 Å². The monoisotopic (exact) mass is 309 g/mol. The number of carbonyl (C=O) groups is 1. The van der Waals surface area contributed by atoms with Crippen molar-refractivity contribution in [1.82, 2.24) is 0 Å². The van der Waals surface area contributed by atoms with Gasteiger partial charge in [-0.2, -0.15) is 0 Å². The van der Waals surface area contributed by atoms with Gasteiger partial charge in [0.1, 0.15) is 0 Å². The van der Waals surface area contributed by atoms with E-state index in [0.717, 1.165) is 30.4 Å². The topological polar surface area (TPSA) is 20.3 Å². The summed E-state index contributed by atoms with van der Waals surface area (Å²) in [4.78, 5) is 14.2. The number of anilines is 1. The Morgan fingerprint density at radius 2 is 2.00 bits per heavy atom. The van der Waals surface area contributed by atoms with Crippen molar-refractivity contribution in [3.63, 3.8) is 0 Å². The van der Waals surface area contributed by atoms with Gasteiger partial charge in [0.05, 0.1) is 0 Å². The highest BCUT2D eigenvalue weighted by molar-refractivity contribution is 9.09. The van der Waals surface area contributed by atoms with Crippen molar-refractivity contribution in [2.45, 2.75) is 38.5 Å². The molecular formula is C15H20BrNO. The second-order valence-electron chi connectivity index (χ2n) is 5.52. The number of nitrogens with zero attached hydrogens (tertiary/aromatic N) is 1. The van der Waals surface area contributed by atoms with Crippen LogP contribution in [-0.2, 0) is 10.2 Å². The predicted molar refractivity (Wildman–Crippen MR) is 79.5 cm³/mol. The first kappa shape index (κ1) is 13.6. The molecule has 0 fully saturated rings. The van der Waals surface area contributed by atoms with Crippen LogP contribution < -0.4 is 4.90 Å². The molecule has 1 aromatic rings. The third-order valence-corrected chi connectivity index (χ3v) is 4.14. The molecule has 0 saturated carbocycles. The first-order chi connectivity index (χ1) is 8.56. The van der Waals surface area contributed by atoms with Crippen LogP contribution in [0, 0.1) is 0 Å². The minimum atomic E-state index is -0.0421. The molecule has 1 amide bonds. The summed E-state index contributed by atoms with van der Waals surface area (Å²) < 4.78 is 0. The molecule has 2 nitrogen and oxygen atoms in total. The molecule has 0 bridgehead atoms. The molecule has 18 heavy (non-hydrogen) atoms. The molecule has 0 aromatic heterocycles. The van der Waals surface area contributed by atoms with Crippen LogP contribution in [0.3, 0.4) is 0 Å². The number of unbranched alkanes of at least 4 members (excludes halogenated alkanes) is 1. The van der Waals surface area contributed by atoms with Crippen LogP contribution in [0.1, 0.15) is 38.7 Å². The Hall–Kier alpha value is -0.830. The van der Waals surface area contributed by atoms with E-state index in [9.17, 15) is 4.79 Å². The van der Waals surface area contributed by atoms with E-state index in [-0.39, 0.29) is 11.3 Å². The lowest BCUT2D eigenvalue weighted by Crippen LogP contribution is -2.42. The van der Waals surface area contributed by atoms with E-state index in [4.69, 9.17) is 0 Å². The molecular weight excluding hydrogens is 290 g/mol. The van der Waals surface area contributed by atoms with Gasteiger partial charge in [-0.1, -0.05) is 48.0 Å². The first-order valence-electron chi connectivity index (χ1n) is 6.52. The Morgan fingerprint density at radius 3 is 2.72 bits per heavy atom. The smallest absolute Gasteiger partial charge is 0.227 e. The average molecular weight is 310 g/mol. The molecule has 0 aliphatic carbocycles. The van der Waals surface area contributed by atoms with Crippen LogP contribution in [0.5, 0.6) is 0 Å². The van der Waals surface area contributed by atoms with Gasteiger partial charge in [-0.15, -0.1) is 0 Å². The number of hydrogen-bond donors (Lipinski definition) is 0. The van der Waals surface area contributed by atoms with Gasteiger partial charge in [-0.05, 0) is 24.5 Å². The molecule has 1 aromatic carbocycles. The predicted octanol–water partition coefficient (Wildman–Crippen LogP) is 3.88. The molecule has 98 valence electrons. The fourth-order valence-corrected chi connectivity index (χ4v) is 2.99. The second-order valence-corrected chi connectivity index (χ2v) is 6.31. The second kappa shape index (κ2) is 5.43. The number of amides is 1. The van der Waals surface area contributed by atoms with E-state index in [1.807, 2.05) is 11.0 Å². The zero-order valence-electron chi connectivity index (χ0n) is 11.1. The first-order valence-corrected chi connectivity index (χ1v) is 7.64. The van der Waals surface area contributed by atoms with Crippen LogP contribution in [0.25, 0.3) is 0 Å². The lowest BCUT2D eigenvalue weighted by molar-refractivity contribution is -0.120. The number of hydrogen-bond acceptors (Lipinski definition) is 1. The molecule has 2 rings (SSSR count). The number of benzene rings is 1. The van der Waals surface area contributed by atoms with Crippen molar-refractivity contribution < 1.29 is 4.79 Å². The van der Waals surface area contributed by atoms with Gasteiger partial charge in [-0.25, -0.2) is 0 Å². The Balaban J connectivity index is 2.28. The van der Waals surface area contributed by atoms with E-state index in [0.29, 0.717) is 6.42 Å². The van der Waals surface area contributed by atoms with Crippen molar-refractivity contribution in [1.29, 1.82) is 0 Å². The summed E-state index contributed by atoms with van der Waals surface area (Å²) >= 11 is 3.44. The standard InChI is InChI=1S/C15H20BrNO/c1-15(2)11-14(18)17(10-6-5-9-16)13-8-4-3-7-12(13)15/h3-4,7-8H,5-6,9-11H2,1-2H3. The summed E-state index contributed by atoms with van der Waals surface area (Å²) in [7, 11) is 0. The van der Waals surface area contributed by atoms with Gasteiger partial charge < -0.3 is 4.90 Å². The van der Waals surface area contributed by atoms with Gasteiger partial charge in [0.15, 0.2) is 0 Å². The van der Waals surface area contributed by atoms with E-state index in [2.05, 4.69) is 48.0 Å². The summed E-state index contributed by atoms with van der Waals surface area (Å²) in [5, 5.41) is 1.00. The zero-order chi connectivity index (χ0) is 13.2. The SMILES string of the molecule is CC1(C)CC(=O)N(CCCCBr)c2ccccc21. The molecule has 0 atom stereocenters. The lowest BCUT2D eigenvalue weighted by Gasteiger charge is -2.38. The number of rotatable bonds is 4. The third kappa shape index (κ3) is 2.61. The third-order valence-electron chi connectivity index (χ3n) is 3.58. The summed E-state index contributed by atoms with van der Waals surface area (Å²) in [6, 6.07) is 8.31. The van der Waals surface area contributed by atoms with Gasteiger partial charge in [0.2, 0.25) is 5.91 Å². The number of alkyl halides is 1. The Kier molecular flexibility index (Phi) is 4.10. The van der Waals surface area contributed by atoms with Crippen LogP contribution in [0.2, 0.25) is 0 Å². The largest absolute Gasteiger partial charge is 0.312 e. The Labute approximate surface area is 117 Å². The maximum atomic E-state index is 12.3. The van der Waals surface area contributed by atoms with Gasteiger partial charge in [0.25, 0.3) is 0 Å². The van der Waals surface area contributed by atoms with Crippen molar-refractivity contribution >= 4 is 27.5 Å². The van der Waals surface area contributed by atoms with Crippen molar-refractivity contribution in [3.8, 4) is 0 Å². The number of halogens is 1. The lowest BCUT2D eigenvalue weighted by atomic mass is 9.77. The quantitative estimate of drug-likeness (QED) is 0.610. The molecule has 1 heterocycles. The van der Waals surface area contributed by atoms with E-state index >= 15 is 0 Å². The van der Waals surface area contributed by atoms with Crippen LogP contribution in [0.4, 0.5) is 5.69 Å². The fraction of sp³-hybridized carbons (Fsp3) is 0.533. The molecule has 0 saturated heterocycles. The fourth-order valence-electron chi connectivity index (χ4n) is 2.59. The highest BCUT2D eigenvalue weighted by atomic mass is 79.9. The van der Waals surface area contributed by atoms with Crippen LogP contribution in [-0.4, -0.2) is 17.8 Å². The summed E-state index contributed by atoms with van der Waals surface area (Å²) in [5.41, 5.74) is 2.36. The number of carbonyl (C=O) groups excluding carboxylic acids is 1. The van der Waals surface area contributed by atoms with E-state index in [1.165, 1.54) is 5.56 Å². The van der Waals surface area contributed by atoms with Gasteiger partial charge >= 0.3 is 0 Å². The normalized spacial score (nSPS) is 17.7. The van der Waals surface area contributed by atoms with Crippen molar-refractivity contribution in [2.24, 2.45) is 0 Å². The highest BCUT2D eigenvalue weighted by Crippen LogP contribution is 2.39. The summed E-state index contributed by atoms with van der Waals surface area (Å²) in [6.07, 6.45) is 2.76. The van der Waals surface area contributed by atoms with E-state index < -0.39 is 0 Å². The average Bonchev–Trinajstić information content (AvgIpc) is 2.33. The summed E-state index contributed by atoms with van der Waals surface area (Å²) in [6.45, 7) is 5.14. The van der Waals surface area contributed by atoms with Gasteiger partial charge in [-0.3, -0.25) is 4.79 Å². The minimum Gasteiger partial charge on any atom is -0.312 e. The minimum absolute atomic E-state index is 0.0421. The number of fused-ring (bicyclic) bond motifs is 1. The van der Waals surface area contributed by atoms with Crippen LogP contribution >= 0.6 is 15.9 Å². The van der Waals surface area contributed by atoms with Gasteiger partial charge in [0, 0.05) is 29.4 Å². The Morgan fingerprint density at radius 1 is 1.28 bits per heavy atom.